The number of nitrogens with one attached hydrogen (secondary N) is 1. The van der Waals surface area contributed by atoms with Crippen LogP contribution in [0.3, 0.4) is 0 Å². The third kappa shape index (κ3) is 4.58. The van der Waals surface area contributed by atoms with Gasteiger partial charge in [-0.05, 0) is 41.0 Å². The Balaban J connectivity index is 1.72. The molecule has 0 fully saturated rings. The quantitative estimate of drug-likeness (QED) is 0.604. The van der Waals surface area contributed by atoms with Gasteiger partial charge in [-0.15, -0.1) is 0 Å². The number of ether oxygens (including phenoxy) is 2. The zero-order chi connectivity index (χ0) is 23.4. The fourth-order valence-electron chi connectivity index (χ4n) is 4.45. The molecule has 172 valence electrons. The summed E-state index contributed by atoms with van der Waals surface area (Å²) < 4.78 is 12.8. The molecule has 0 radical (unpaired) electrons. The van der Waals surface area contributed by atoms with Crippen LogP contribution in [0.4, 0.5) is 0 Å². The van der Waals surface area contributed by atoms with E-state index in [1.807, 2.05) is 71.6 Å². The first-order chi connectivity index (χ1) is 16.0. The van der Waals surface area contributed by atoms with Gasteiger partial charge in [-0.2, -0.15) is 0 Å². The average Bonchev–Trinajstić information content (AvgIpc) is 3.40. The van der Waals surface area contributed by atoms with Gasteiger partial charge in [0.2, 0.25) is 11.8 Å². The van der Waals surface area contributed by atoms with E-state index < -0.39 is 12.1 Å². The van der Waals surface area contributed by atoms with Crippen LogP contribution >= 0.6 is 0 Å². The van der Waals surface area contributed by atoms with Crippen LogP contribution < -0.4 is 14.8 Å². The van der Waals surface area contributed by atoms with Crippen LogP contribution in [0.1, 0.15) is 22.7 Å². The van der Waals surface area contributed by atoms with Crippen molar-refractivity contribution in [3.8, 4) is 11.5 Å². The van der Waals surface area contributed by atoms with Crippen molar-refractivity contribution in [1.29, 1.82) is 0 Å². The van der Waals surface area contributed by atoms with Gasteiger partial charge in [0.1, 0.15) is 12.1 Å². The molecule has 3 aromatic rings. The number of amides is 2. The van der Waals surface area contributed by atoms with Gasteiger partial charge >= 0.3 is 0 Å². The molecule has 1 aromatic heterocycles. The van der Waals surface area contributed by atoms with E-state index in [-0.39, 0.29) is 11.8 Å². The summed E-state index contributed by atoms with van der Waals surface area (Å²) in [5.41, 5.74) is 2.99. The van der Waals surface area contributed by atoms with Crippen LogP contribution in [0.15, 0.2) is 67.0 Å². The zero-order valence-corrected chi connectivity index (χ0v) is 19.2. The van der Waals surface area contributed by atoms with Crippen molar-refractivity contribution >= 4 is 11.8 Å². The minimum atomic E-state index is -0.609. The smallest absolute Gasteiger partial charge is 0.246 e. The SMILES string of the molecule is CNC(=O)C1Cc2cc(OC)c(OC)cc2CN1C(=O)C(Cc1ccccc1)n1cccc1. The van der Waals surface area contributed by atoms with Crippen molar-refractivity contribution in [2.75, 3.05) is 21.3 Å². The van der Waals surface area contributed by atoms with Crippen LogP contribution in [-0.4, -0.2) is 48.6 Å². The topological polar surface area (TPSA) is 72.8 Å². The van der Waals surface area contributed by atoms with E-state index >= 15 is 0 Å². The molecular formula is C26H29N3O4. The van der Waals surface area contributed by atoms with Gasteiger partial charge in [0.25, 0.3) is 0 Å². The number of carbonyl (C=O) groups is 2. The van der Waals surface area contributed by atoms with Gasteiger partial charge < -0.3 is 24.3 Å². The van der Waals surface area contributed by atoms with Crippen LogP contribution in [0.2, 0.25) is 0 Å². The largest absolute Gasteiger partial charge is 0.493 e. The fraction of sp³-hybridized carbons (Fsp3) is 0.308. The Bertz CT molecular complexity index is 1110. The molecule has 4 rings (SSSR count). The Labute approximate surface area is 193 Å². The standard InChI is InChI=1S/C26H29N3O4/c1-27-25(30)21-14-19-15-23(32-2)24(33-3)16-20(19)17-29(21)26(31)22(28-11-7-8-12-28)13-18-9-5-4-6-10-18/h4-12,15-16,21-22H,13-14,17H2,1-3H3,(H,27,30). The van der Waals surface area contributed by atoms with Crippen molar-refractivity contribution in [2.45, 2.75) is 31.5 Å². The van der Waals surface area contributed by atoms with Crippen LogP contribution in [0, 0.1) is 0 Å². The predicted molar refractivity (Wildman–Crippen MR) is 125 cm³/mol. The Morgan fingerprint density at radius 1 is 1.00 bits per heavy atom. The molecule has 33 heavy (non-hydrogen) atoms. The Morgan fingerprint density at radius 2 is 1.64 bits per heavy atom. The molecule has 0 spiro atoms. The normalized spacial score (nSPS) is 16.0. The summed E-state index contributed by atoms with van der Waals surface area (Å²) in [6.07, 6.45) is 4.73. The summed E-state index contributed by atoms with van der Waals surface area (Å²) in [6, 6.07) is 16.5. The van der Waals surface area contributed by atoms with Crippen molar-refractivity contribution in [2.24, 2.45) is 0 Å². The zero-order valence-electron chi connectivity index (χ0n) is 19.2. The monoisotopic (exact) mass is 447 g/mol. The first-order valence-corrected chi connectivity index (χ1v) is 11.0. The number of aromatic nitrogens is 1. The summed E-state index contributed by atoms with van der Waals surface area (Å²) in [5.74, 6) is 0.938. The highest BCUT2D eigenvalue weighted by atomic mass is 16.5. The molecule has 2 heterocycles. The molecule has 7 nitrogen and oxygen atoms in total. The first-order valence-electron chi connectivity index (χ1n) is 11.0. The number of fused-ring (bicyclic) bond motifs is 1. The molecule has 1 aliphatic heterocycles. The summed E-state index contributed by atoms with van der Waals surface area (Å²) in [6.45, 7) is 0.319. The summed E-state index contributed by atoms with van der Waals surface area (Å²) in [5, 5.41) is 2.73. The van der Waals surface area contributed by atoms with Crippen molar-refractivity contribution in [3.05, 3.63) is 83.7 Å². The van der Waals surface area contributed by atoms with E-state index in [4.69, 9.17) is 9.47 Å². The maximum absolute atomic E-state index is 14.0. The highest BCUT2D eigenvalue weighted by Crippen LogP contribution is 2.35. The molecule has 2 amide bonds. The maximum Gasteiger partial charge on any atom is 0.246 e. The lowest BCUT2D eigenvalue weighted by Gasteiger charge is -2.38. The second-order valence-corrected chi connectivity index (χ2v) is 8.11. The molecule has 7 heteroatoms. The van der Waals surface area contributed by atoms with Crippen LogP contribution in [0.25, 0.3) is 0 Å². The van der Waals surface area contributed by atoms with E-state index in [1.165, 1.54) is 0 Å². The van der Waals surface area contributed by atoms with Crippen molar-refractivity contribution < 1.29 is 19.1 Å². The van der Waals surface area contributed by atoms with Crippen LogP contribution in [0.5, 0.6) is 11.5 Å². The number of likely N-dealkylation sites (N-methyl/N-ethyl adjacent to an activating group) is 1. The molecule has 1 N–H and O–H groups in total. The molecule has 0 saturated carbocycles. The molecule has 1 aliphatic rings. The lowest BCUT2D eigenvalue weighted by Crippen LogP contribution is -2.53. The molecule has 0 bridgehead atoms. The molecule has 0 saturated heterocycles. The van der Waals surface area contributed by atoms with Gasteiger partial charge in [0.15, 0.2) is 11.5 Å². The molecule has 0 aliphatic carbocycles. The second kappa shape index (κ2) is 9.81. The number of hydrogen-bond acceptors (Lipinski definition) is 4. The lowest BCUT2D eigenvalue weighted by molar-refractivity contribution is -0.144. The number of rotatable bonds is 7. The van der Waals surface area contributed by atoms with E-state index in [2.05, 4.69) is 5.32 Å². The minimum Gasteiger partial charge on any atom is -0.493 e. The van der Waals surface area contributed by atoms with Crippen molar-refractivity contribution in [1.82, 2.24) is 14.8 Å². The van der Waals surface area contributed by atoms with Gasteiger partial charge in [0, 0.05) is 38.8 Å². The van der Waals surface area contributed by atoms with Gasteiger partial charge in [0.05, 0.1) is 14.2 Å². The number of methoxy groups -OCH3 is 2. The van der Waals surface area contributed by atoms with E-state index in [0.717, 1.165) is 16.7 Å². The summed E-state index contributed by atoms with van der Waals surface area (Å²) >= 11 is 0. The second-order valence-electron chi connectivity index (χ2n) is 8.11. The van der Waals surface area contributed by atoms with E-state index in [1.54, 1.807) is 26.2 Å². The van der Waals surface area contributed by atoms with Crippen molar-refractivity contribution in [3.63, 3.8) is 0 Å². The maximum atomic E-state index is 14.0. The molecular weight excluding hydrogens is 418 g/mol. The number of hydrogen-bond donors (Lipinski definition) is 1. The number of carbonyl (C=O) groups excluding carboxylic acids is 2. The van der Waals surface area contributed by atoms with Gasteiger partial charge in [-0.3, -0.25) is 9.59 Å². The lowest BCUT2D eigenvalue weighted by atomic mass is 9.91. The van der Waals surface area contributed by atoms with Gasteiger partial charge in [-0.25, -0.2) is 0 Å². The number of benzene rings is 2. The van der Waals surface area contributed by atoms with Gasteiger partial charge in [-0.1, -0.05) is 30.3 Å². The highest BCUT2D eigenvalue weighted by Gasteiger charge is 2.38. The molecule has 2 aromatic carbocycles. The third-order valence-electron chi connectivity index (χ3n) is 6.21. The molecule has 2 atom stereocenters. The van der Waals surface area contributed by atoms with Crippen LogP contribution in [-0.2, 0) is 29.0 Å². The summed E-state index contributed by atoms with van der Waals surface area (Å²) in [7, 11) is 4.78. The first kappa shape index (κ1) is 22.5. The summed E-state index contributed by atoms with van der Waals surface area (Å²) in [4.78, 5) is 28.6. The fourth-order valence-corrected chi connectivity index (χ4v) is 4.45. The highest BCUT2D eigenvalue weighted by molar-refractivity contribution is 5.90. The Hall–Kier alpha value is -3.74. The minimum absolute atomic E-state index is 0.0934. The van der Waals surface area contributed by atoms with E-state index in [0.29, 0.717) is 30.9 Å². The predicted octanol–water partition coefficient (Wildman–Crippen LogP) is 2.99. The third-order valence-corrected chi connectivity index (χ3v) is 6.21. The average molecular weight is 448 g/mol. The molecule has 2 unspecified atom stereocenters. The number of nitrogens with zero attached hydrogens (tertiary/aromatic N) is 2. The Morgan fingerprint density at radius 3 is 2.24 bits per heavy atom. The Kier molecular flexibility index (Phi) is 6.68. The van der Waals surface area contributed by atoms with E-state index in [9.17, 15) is 9.59 Å².